The lowest BCUT2D eigenvalue weighted by Crippen LogP contribution is -2.37. The van der Waals surface area contributed by atoms with E-state index in [1.807, 2.05) is 27.8 Å². The van der Waals surface area contributed by atoms with Crippen LogP contribution in [0, 0.1) is 0 Å². The predicted octanol–water partition coefficient (Wildman–Crippen LogP) is 2.79. The van der Waals surface area contributed by atoms with Gasteiger partial charge in [-0.25, -0.2) is 0 Å². The van der Waals surface area contributed by atoms with E-state index in [2.05, 4.69) is 13.0 Å². The van der Waals surface area contributed by atoms with Crippen LogP contribution in [0.15, 0.2) is 30.1 Å². The highest BCUT2D eigenvalue weighted by Crippen LogP contribution is 2.30. The molecule has 0 spiro atoms. The quantitative estimate of drug-likeness (QED) is 0.358. The molecule has 9 heteroatoms. The zero-order valence-corrected chi connectivity index (χ0v) is 20.7. The molecule has 180 valence electrons. The van der Waals surface area contributed by atoms with Crippen LogP contribution in [-0.4, -0.2) is 76.0 Å². The third-order valence-electron chi connectivity index (χ3n) is 6.55. The van der Waals surface area contributed by atoms with Crippen molar-refractivity contribution in [3.8, 4) is 0 Å². The number of likely N-dealkylation sites (N-methyl/N-ethyl adjacent to an activating group) is 1. The number of ether oxygens (including phenoxy) is 1. The molecule has 0 atom stereocenters. The molecule has 2 fully saturated rings. The number of nitrogens with zero attached hydrogens (tertiary/aromatic N) is 4. The van der Waals surface area contributed by atoms with Gasteiger partial charge in [0.15, 0.2) is 5.11 Å². The Labute approximate surface area is 204 Å². The number of rotatable bonds is 6. The van der Waals surface area contributed by atoms with Gasteiger partial charge in [-0.05, 0) is 49.5 Å². The maximum Gasteiger partial charge on any atom is 0.325 e. The van der Waals surface area contributed by atoms with Gasteiger partial charge < -0.3 is 19.1 Å². The first-order valence-electron chi connectivity index (χ1n) is 11.6. The third-order valence-corrected chi connectivity index (χ3v) is 7.04. The Morgan fingerprint density at radius 2 is 1.88 bits per heavy atom. The Bertz CT molecular complexity index is 1180. The Morgan fingerprint density at radius 1 is 1.15 bits per heavy atom. The fourth-order valence-electron chi connectivity index (χ4n) is 4.67. The normalized spacial score (nSPS) is 17.9. The highest BCUT2D eigenvalue weighted by atomic mass is 32.1. The smallest absolute Gasteiger partial charge is 0.325 e. The molecule has 34 heavy (non-hydrogen) atoms. The van der Waals surface area contributed by atoms with Crippen LogP contribution in [0.2, 0.25) is 0 Å². The van der Waals surface area contributed by atoms with Crippen LogP contribution in [0.1, 0.15) is 37.3 Å². The largest absolute Gasteiger partial charge is 0.468 e. The number of carbonyl (C=O) groups is 3. The summed E-state index contributed by atoms with van der Waals surface area (Å²) in [4.78, 5) is 42.8. The summed E-state index contributed by atoms with van der Waals surface area (Å²) in [6.07, 6.45) is 7.74. The fourth-order valence-corrected chi connectivity index (χ4v) is 4.92. The monoisotopic (exact) mass is 482 g/mol. The summed E-state index contributed by atoms with van der Waals surface area (Å²) >= 11 is 5.40. The van der Waals surface area contributed by atoms with E-state index in [9.17, 15) is 14.4 Å². The summed E-state index contributed by atoms with van der Waals surface area (Å²) in [6, 6.07) is 6.04. The molecule has 2 aliphatic rings. The molecule has 2 aromatic rings. The highest BCUT2D eigenvalue weighted by molar-refractivity contribution is 7.80. The number of hydrogen-bond donors (Lipinski definition) is 0. The number of aromatic nitrogens is 1. The predicted molar refractivity (Wildman–Crippen MR) is 134 cm³/mol. The van der Waals surface area contributed by atoms with Crippen molar-refractivity contribution in [3.63, 3.8) is 0 Å². The summed E-state index contributed by atoms with van der Waals surface area (Å²) in [6.45, 7) is 3.79. The third kappa shape index (κ3) is 4.44. The number of aryl methyl sites for hydroxylation is 1. The molecule has 1 aromatic heterocycles. The molecule has 0 saturated carbocycles. The minimum Gasteiger partial charge on any atom is -0.468 e. The van der Waals surface area contributed by atoms with Gasteiger partial charge in [0, 0.05) is 37.3 Å². The lowest BCUT2D eigenvalue weighted by Gasteiger charge is -2.27. The molecule has 0 unspecified atom stereocenters. The maximum absolute atomic E-state index is 13.1. The number of hydrogen-bond acceptors (Lipinski definition) is 5. The lowest BCUT2D eigenvalue weighted by molar-refractivity contribution is -0.140. The van der Waals surface area contributed by atoms with Gasteiger partial charge >= 0.3 is 5.97 Å². The minimum absolute atomic E-state index is 0.104. The first-order valence-corrected chi connectivity index (χ1v) is 12.0. The second-order valence-electron chi connectivity index (χ2n) is 8.66. The summed E-state index contributed by atoms with van der Waals surface area (Å²) in [5.41, 5.74) is 3.22. The van der Waals surface area contributed by atoms with Crippen LogP contribution in [-0.2, 0) is 32.1 Å². The number of para-hydroxylation sites is 1. The van der Waals surface area contributed by atoms with Crippen LogP contribution in [0.5, 0.6) is 0 Å². The van der Waals surface area contributed by atoms with Crippen LogP contribution < -0.4 is 0 Å². The molecule has 0 bridgehead atoms. The molecule has 8 nitrogen and oxygen atoms in total. The van der Waals surface area contributed by atoms with Crippen molar-refractivity contribution in [1.29, 1.82) is 0 Å². The second kappa shape index (κ2) is 9.97. The number of esters is 1. The first-order chi connectivity index (χ1) is 16.3. The van der Waals surface area contributed by atoms with Crippen LogP contribution in [0.4, 0.5) is 0 Å². The topological polar surface area (TPSA) is 75.1 Å². The van der Waals surface area contributed by atoms with Gasteiger partial charge in [0.1, 0.15) is 18.8 Å². The van der Waals surface area contributed by atoms with E-state index >= 15 is 0 Å². The number of likely N-dealkylation sites (tertiary alicyclic amines) is 1. The fraction of sp³-hybridized carbons (Fsp3) is 0.440. The van der Waals surface area contributed by atoms with Gasteiger partial charge in [-0.3, -0.25) is 19.3 Å². The van der Waals surface area contributed by atoms with Gasteiger partial charge in [-0.2, -0.15) is 0 Å². The Balaban J connectivity index is 1.77. The Hall–Kier alpha value is -3.20. The average Bonchev–Trinajstić information content (AvgIpc) is 3.30. The summed E-state index contributed by atoms with van der Waals surface area (Å²) in [7, 11) is 2.89. The van der Waals surface area contributed by atoms with E-state index in [0.717, 1.165) is 54.4 Å². The number of benzene rings is 1. The summed E-state index contributed by atoms with van der Waals surface area (Å²) < 4.78 is 6.78. The van der Waals surface area contributed by atoms with Crippen molar-refractivity contribution in [1.82, 2.24) is 19.3 Å². The molecule has 3 heterocycles. The number of piperidine rings is 1. The van der Waals surface area contributed by atoms with Crippen LogP contribution in [0.3, 0.4) is 0 Å². The first kappa shape index (κ1) is 23.9. The summed E-state index contributed by atoms with van der Waals surface area (Å²) in [5, 5.41) is 1.20. The maximum atomic E-state index is 13.1. The van der Waals surface area contributed by atoms with E-state index in [-0.39, 0.29) is 30.0 Å². The Morgan fingerprint density at radius 3 is 2.56 bits per heavy atom. The van der Waals surface area contributed by atoms with Crippen LogP contribution in [0.25, 0.3) is 17.0 Å². The highest BCUT2D eigenvalue weighted by Gasteiger charge is 2.37. The molecule has 2 amide bonds. The van der Waals surface area contributed by atoms with Gasteiger partial charge in [0.25, 0.3) is 5.91 Å². The van der Waals surface area contributed by atoms with Crippen molar-refractivity contribution >= 4 is 52.1 Å². The Kier molecular flexibility index (Phi) is 7.02. The molecule has 1 aromatic carbocycles. The lowest BCUT2D eigenvalue weighted by atomic mass is 10.1. The van der Waals surface area contributed by atoms with Gasteiger partial charge in [0.05, 0.1) is 12.6 Å². The molecule has 4 rings (SSSR count). The number of fused-ring (bicyclic) bond motifs is 1. The molecule has 0 radical (unpaired) electrons. The summed E-state index contributed by atoms with van der Waals surface area (Å²) in [5.74, 6) is -0.670. The molecular weight excluding hydrogens is 452 g/mol. The van der Waals surface area contributed by atoms with Crippen molar-refractivity contribution in [3.05, 3.63) is 41.2 Å². The molecule has 2 saturated heterocycles. The van der Waals surface area contributed by atoms with Crippen molar-refractivity contribution in [2.24, 2.45) is 0 Å². The molecular formula is C25H30N4O4S. The van der Waals surface area contributed by atoms with Crippen molar-refractivity contribution in [2.45, 2.75) is 39.2 Å². The number of carbonyl (C=O) groups excluding carboxylic acids is 3. The van der Waals surface area contributed by atoms with Crippen LogP contribution >= 0.6 is 12.2 Å². The molecule has 2 aliphatic heterocycles. The van der Waals surface area contributed by atoms with Gasteiger partial charge in [0.2, 0.25) is 5.91 Å². The van der Waals surface area contributed by atoms with E-state index in [4.69, 9.17) is 17.0 Å². The van der Waals surface area contributed by atoms with Crippen molar-refractivity contribution < 1.29 is 19.1 Å². The van der Waals surface area contributed by atoms with E-state index in [0.29, 0.717) is 5.70 Å². The average molecular weight is 483 g/mol. The van der Waals surface area contributed by atoms with E-state index in [1.54, 1.807) is 13.1 Å². The molecule has 0 aliphatic carbocycles. The number of methoxy groups -OCH3 is 1. The van der Waals surface area contributed by atoms with E-state index < -0.39 is 5.97 Å². The number of thiocarbonyl (C=S) groups is 1. The minimum atomic E-state index is -0.487. The standard InChI is InChI=1S/C25H30N4O4S/c1-4-17-9-8-10-19-18(13-20-24(32)26(2)25(34)29(20)16-22(31)33-3)14-28(23(17)19)15-21(30)27-11-6-5-7-12-27/h8-10,13-14H,4-7,11-12,15-16H2,1-3H3/b20-13-. The number of amides is 2. The second-order valence-corrected chi connectivity index (χ2v) is 9.02. The zero-order valence-electron chi connectivity index (χ0n) is 19.9. The van der Waals surface area contributed by atoms with Gasteiger partial charge in [-0.1, -0.05) is 25.1 Å². The van der Waals surface area contributed by atoms with Crippen molar-refractivity contribution in [2.75, 3.05) is 33.8 Å². The van der Waals surface area contributed by atoms with Gasteiger partial charge in [-0.15, -0.1) is 0 Å². The van der Waals surface area contributed by atoms with E-state index in [1.165, 1.54) is 23.3 Å². The molecule has 0 N–H and O–H groups in total. The SMILES string of the molecule is CCc1cccc2c(/C=C3/C(=O)N(C)C(=S)N3CC(=O)OC)cn(CC(=O)N3CCCCC3)c12. The zero-order chi connectivity index (χ0) is 24.4.